The summed E-state index contributed by atoms with van der Waals surface area (Å²) in [4.78, 5) is 12.1. The van der Waals surface area contributed by atoms with Crippen LogP contribution in [0.25, 0.3) is 5.69 Å². The molecule has 0 aliphatic heterocycles. The monoisotopic (exact) mass is 364 g/mol. The molecule has 0 atom stereocenters. The van der Waals surface area contributed by atoms with Crippen molar-refractivity contribution in [2.75, 3.05) is 11.9 Å². The number of aryl methyl sites for hydroxylation is 2. The molecule has 25 heavy (non-hydrogen) atoms. The molecular weight excluding hydrogens is 336 g/mol. The van der Waals surface area contributed by atoms with Gasteiger partial charge >= 0.3 is 0 Å². The molecular formula is C19H29ClN4O. The number of amides is 1. The Hall–Kier alpha value is -1.85. The van der Waals surface area contributed by atoms with Gasteiger partial charge in [0, 0.05) is 17.9 Å². The molecule has 5 nitrogen and oxygen atoms in total. The highest BCUT2D eigenvalue weighted by Gasteiger charge is 2.22. The van der Waals surface area contributed by atoms with Crippen LogP contribution in [0.3, 0.4) is 0 Å². The maximum Gasteiger partial charge on any atom is 0.225 e. The highest BCUT2D eigenvalue weighted by Crippen LogP contribution is 2.27. The molecule has 1 heterocycles. The van der Waals surface area contributed by atoms with Crippen molar-refractivity contribution < 1.29 is 4.79 Å². The van der Waals surface area contributed by atoms with E-state index in [1.54, 1.807) is 0 Å². The fourth-order valence-corrected chi connectivity index (χ4v) is 2.53. The van der Waals surface area contributed by atoms with E-state index in [-0.39, 0.29) is 23.7 Å². The van der Waals surface area contributed by atoms with Crippen LogP contribution in [0.4, 0.5) is 5.82 Å². The predicted molar refractivity (Wildman–Crippen MR) is 106 cm³/mol. The van der Waals surface area contributed by atoms with Crippen LogP contribution in [0.5, 0.6) is 0 Å². The molecule has 2 rings (SSSR count). The van der Waals surface area contributed by atoms with Crippen LogP contribution < -0.4 is 11.1 Å². The van der Waals surface area contributed by atoms with Crippen molar-refractivity contribution in [2.45, 2.75) is 52.9 Å². The van der Waals surface area contributed by atoms with E-state index in [2.05, 4.69) is 52.1 Å². The standard InChI is InChI=1S/C19H28N4O.ClH/c1-13-8-9-15(14(2)11-13)23-17(21-18(24)7-6-10-20)12-16(22-23)19(3,4)5;/h8-9,11-12H,6-7,10,20H2,1-5H3,(H,21,24);1H. The summed E-state index contributed by atoms with van der Waals surface area (Å²) in [5.74, 6) is 0.667. The Morgan fingerprint density at radius 3 is 2.48 bits per heavy atom. The van der Waals surface area contributed by atoms with Crippen molar-refractivity contribution >= 4 is 24.1 Å². The summed E-state index contributed by atoms with van der Waals surface area (Å²) in [5, 5.41) is 7.74. The minimum atomic E-state index is -0.0966. The summed E-state index contributed by atoms with van der Waals surface area (Å²) in [6.07, 6.45) is 1.09. The van der Waals surface area contributed by atoms with Gasteiger partial charge in [-0.25, -0.2) is 4.68 Å². The average Bonchev–Trinajstić information content (AvgIpc) is 2.89. The molecule has 1 aromatic heterocycles. The lowest BCUT2D eigenvalue weighted by atomic mass is 9.92. The fraction of sp³-hybridized carbons (Fsp3) is 0.474. The maximum absolute atomic E-state index is 12.1. The minimum absolute atomic E-state index is 0. The van der Waals surface area contributed by atoms with E-state index < -0.39 is 0 Å². The molecule has 6 heteroatoms. The van der Waals surface area contributed by atoms with Gasteiger partial charge in [0.2, 0.25) is 5.91 Å². The summed E-state index contributed by atoms with van der Waals surface area (Å²) in [6, 6.07) is 8.17. The molecule has 0 fully saturated rings. The van der Waals surface area contributed by atoms with Gasteiger partial charge < -0.3 is 11.1 Å². The van der Waals surface area contributed by atoms with Crippen molar-refractivity contribution in [3.63, 3.8) is 0 Å². The van der Waals surface area contributed by atoms with E-state index in [0.29, 0.717) is 25.2 Å². The molecule has 2 aromatic rings. The Morgan fingerprint density at radius 2 is 1.92 bits per heavy atom. The number of halogens is 1. The van der Waals surface area contributed by atoms with Crippen LogP contribution in [0, 0.1) is 13.8 Å². The molecule has 1 amide bonds. The molecule has 0 aliphatic rings. The van der Waals surface area contributed by atoms with E-state index in [0.717, 1.165) is 16.9 Å². The zero-order chi connectivity index (χ0) is 17.9. The normalized spacial score (nSPS) is 11.1. The molecule has 3 N–H and O–H groups in total. The second-order valence-electron chi connectivity index (χ2n) is 7.31. The summed E-state index contributed by atoms with van der Waals surface area (Å²) in [6.45, 7) is 11.0. The van der Waals surface area contributed by atoms with Crippen molar-refractivity contribution in [3.05, 3.63) is 41.1 Å². The Balaban J connectivity index is 0.00000312. The van der Waals surface area contributed by atoms with Gasteiger partial charge in [0.15, 0.2) is 0 Å². The van der Waals surface area contributed by atoms with E-state index in [9.17, 15) is 4.79 Å². The number of aromatic nitrogens is 2. The quantitative estimate of drug-likeness (QED) is 0.845. The molecule has 0 aliphatic carbocycles. The molecule has 0 spiro atoms. The number of nitrogens with two attached hydrogens (primary N) is 1. The van der Waals surface area contributed by atoms with Gasteiger partial charge in [0.05, 0.1) is 11.4 Å². The third kappa shape index (κ3) is 5.31. The number of carbonyl (C=O) groups is 1. The molecule has 0 saturated carbocycles. The summed E-state index contributed by atoms with van der Waals surface area (Å²) >= 11 is 0. The second-order valence-corrected chi connectivity index (χ2v) is 7.31. The first-order valence-electron chi connectivity index (χ1n) is 8.40. The lowest BCUT2D eigenvalue weighted by molar-refractivity contribution is -0.116. The summed E-state index contributed by atoms with van der Waals surface area (Å²) < 4.78 is 1.83. The average molecular weight is 365 g/mol. The number of hydrogen-bond acceptors (Lipinski definition) is 3. The number of anilines is 1. The summed E-state index contributed by atoms with van der Waals surface area (Å²) in [5.41, 5.74) is 9.63. The van der Waals surface area contributed by atoms with Crippen LogP contribution in [-0.4, -0.2) is 22.2 Å². The van der Waals surface area contributed by atoms with Gasteiger partial charge in [0.25, 0.3) is 0 Å². The lowest BCUT2D eigenvalue weighted by Crippen LogP contribution is -2.16. The lowest BCUT2D eigenvalue weighted by Gasteiger charge is -2.14. The third-order valence-corrected chi connectivity index (χ3v) is 3.93. The van der Waals surface area contributed by atoms with Crippen LogP contribution in [-0.2, 0) is 10.2 Å². The van der Waals surface area contributed by atoms with Crippen LogP contribution >= 0.6 is 12.4 Å². The number of rotatable bonds is 5. The molecule has 0 unspecified atom stereocenters. The fourth-order valence-electron chi connectivity index (χ4n) is 2.53. The van der Waals surface area contributed by atoms with Crippen molar-refractivity contribution in [2.24, 2.45) is 5.73 Å². The number of nitrogens with zero attached hydrogens (tertiary/aromatic N) is 2. The molecule has 0 radical (unpaired) electrons. The van der Waals surface area contributed by atoms with E-state index in [1.807, 2.05) is 16.8 Å². The first kappa shape index (κ1) is 21.2. The molecule has 1 aromatic carbocycles. The Labute approximate surface area is 156 Å². The Kier molecular flexibility index (Phi) is 7.20. The van der Waals surface area contributed by atoms with Crippen molar-refractivity contribution in [1.82, 2.24) is 9.78 Å². The van der Waals surface area contributed by atoms with E-state index in [4.69, 9.17) is 10.8 Å². The predicted octanol–water partition coefficient (Wildman–Crippen LogP) is 3.89. The highest BCUT2D eigenvalue weighted by atomic mass is 35.5. The van der Waals surface area contributed by atoms with Crippen LogP contribution in [0.1, 0.15) is 50.4 Å². The van der Waals surface area contributed by atoms with Gasteiger partial charge in [-0.15, -0.1) is 12.4 Å². The first-order valence-corrected chi connectivity index (χ1v) is 8.40. The maximum atomic E-state index is 12.1. The zero-order valence-electron chi connectivity index (χ0n) is 15.7. The molecule has 0 bridgehead atoms. The second kappa shape index (κ2) is 8.50. The smallest absolute Gasteiger partial charge is 0.225 e. The molecule has 0 saturated heterocycles. The van der Waals surface area contributed by atoms with Gasteiger partial charge in [-0.1, -0.05) is 38.5 Å². The third-order valence-electron chi connectivity index (χ3n) is 3.93. The highest BCUT2D eigenvalue weighted by molar-refractivity contribution is 5.90. The molecule has 138 valence electrons. The Morgan fingerprint density at radius 1 is 1.24 bits per heavy atom. The largest absolute Gasteiger partial charge is 0.330 e. The van der Waals surface area contributed by atoms with Gasteiger partial charge in [-0.2, -0.15) is 5.10 Å². The van der Waals surface area contributed by atoms with E-state index >= 15 is 0 Å². The SMILES string of the molecule is Cc1ccc(-n2nc(C(C)(C)C)cc2NC(=O)CCCN)c(C)c1.Cl. The number of carbonyl (C=O) groups excluding carboxylic acids is 1. The first-order chi connectivity index (χ1) is 11.2. The zero-order valence-corrected chi connectivity index (χ0v) is 16.5. The number of nitrogens with one attached hydrogen (secondary N) is 1. The summed E-state index contributed by atoms with van der Waals surface area (Å²) in [7, 11) is 0. The number of hydrogen-bond donors (Lipinski definition) is 2. The van der Waals surface area contributed by atoms with Crippen LogP contribution in [0.15, 0.2) is 24.3 Å². The van der Waals surface area contributed by atoms with Gasteiger partial charge in [-0.3, -0.25) is 4.79 Å². The minimum Gasteiger partial charge on any atom is -0.330 e. The topological polar surface area (TPSA) is 72.9 Å². The number of benzene rings is 1. The van der Waals surface area contributed by atoms with Crippen molar-refractivity contribution in [3.8, 4) is 5.69 Å². The Bertz CT molecular complexity index is 732. The van der Waals surface area contributed by atoms with Gasteiger partial charge in [-0.05, 0) is 38.4 Å². The van der Waals surface area contributed by atoms with Crippen LogP contribution in [0.2, 0.25) is 0 Å². The van der Waals surface area contributed by atoms with Crippen molar-refractivity contribution in [1.29, 1.82) is 0 Å². The van der Waals surface area contributed by atoms with Gasteiger partial charge in [0.1, 0.15) is 5.82 Å². The van der Waals surface area contributed by atoms with E-state index in [1.165, 1.54) is 5.56 Å².